The second kappa shape index (κ2) is 19.9. The fraction of sp³-hybridized carbons (Fsp3) is 0.667. The van der Waals surface area contributed by atoms with Crippen LogP contribution in [0.25, 0.3) is 0 Å². The van der Waals surface area contributed by atoms with Gasteiger partial charge in [-0.2, -0.15) is 0 Å². The molecule has 0 radical (unpaired) electrons. The summed E-state index contributed by atoms with van der Waals surface area (Å²) in [5.74, 6) is 4.17. The van der Waals surface area contributed by atoms with E-state index in [1.807, 2.05) is 52.4 Å². The molecule has 2 nitrogen and oxygen atoms in total. The van der Waals surface area contributed by atoms with Gasteiger partial charge in [0.15, 0.2) is 0 Å². The maximum absolute atomic E-state index is 4.45. The molecular weight excluding hydrogens is 388 g/mol. The molecule has 0 aliphatic rings. The third kappa shape index (κ3) is 14.4. The summed E-state index contributed by atoms with van der Waals surface area (Å²) in [4.78, 5) is 8.52. The average molecular weight is 443 g/mol. The molecule has 184 valence electrons. The largest absolute Gasteiger partial charge is 0.265 e. The van der Waals surface area contributed by atoms with Crippen molar-refractivity contribution in [3.63, 3.8) is 0 Å². The normalized spacial score (nSPS) is 12.2. The van der Waals surface area contributed by atoms with Gasteiger partial charge in [-0.15, -0.1) is 0 Å². The zero-order valence-corrected chi connectivity index (χ0v) is 23.4. The first kappa shape index (κ1) is 32.5. The molecule has 0 aliphatic heterocycles. The van der Waals surface area contributed by atoms with E-state index in [-0.39, 0.29) is 0 Å². The van der Waals surface area contributed by atoms with Crippen molar-refractivity contribution in [2.75, 3.05) is 0 Å². The molecule has 0 spiro atoms. The molecule has 2 heteroatoms. The Hall–Kier alpha value is -1.70. The molecule has 2 unspecified atom stereocenters. The molecule has 0 saturated carbocycles. The SMILES string of the molecule is CC.CC.CC(C)CC(c1ccccn1)C(C)C.CC(C)CC(c1ccncc1)C(C)C. The summed E-state index contributed by atoms with van der Waals surface area (Å²) in [6, 6.07) is 10.5. The van der Waals surface area contributed by atoms with Crippen LogP contribution in [0.4, 0.5) is 0 Å². The fourth-order valence-electron chi connectivity index (χ4n) is 3.75. The Morgan fingerprint density at radius 3 is 1.44 bits per heavy atom. The predicted molar refractivity (Wildman–Crippen MR) is 145 cm³/mol. The van der Waals surface area contributed by atoms with E-state index >= 15 is 0 Å². The molecule has 2 atom stereocenters. The Bertz CT molecular complexity index is 560. The molecule has 2 aromatic heterocycles. The monoisotopic (exact) mass is 442 g/mol. The Morgan fingerprint density at radius 2 is 1.06 bits per heavy atom. The lowest BCUT2D eigenvalue weighted by atomic mass is 9.83. The maximum atomic E-state index is 4.45. The topological polar surface area (TPSA) is 25.8 Å². The van der Waals surface area contributed by atoms with E-state index in [0.717, 1.165) is 11.8 Å². The quantitative estimate of drug-likeness (QED) is 0.406. The molecule has 0 bridgehead atoms. The zero-order chi connectivity index (χ0) is 25.1. The Balaban J connectivity index is 0. The van der Waals surface area contributed by atoms with Gasteiger partial charge in [0.2, 0.25) is 0 Å². The third-order valence-electron chi connectivity index (χ3n) is 5.26. The van der Waals surface area contributed by atoms with Crippen molar-refractivity contribution in [3.8, 4) is 0 Å². The van der Waals surface area contributed by atoms with Gasteiger partial charge in [-0.05, 0) is 72.3 Å². The highest BCUT2D eigenvalue weighted by Crippen LogP contribution is 2.30. The van der Waals surface area contributed by atoms with Crippen LogP contribution in [-0.2, 0) is 0 Å². The van der Waals surface area contributed by atoms with Gasteiger partial charge < -0.3 is 0 Å². The van der Waals surface area contributed by atoms with Crippen molar-refractivity contribution >= 4 is 0 Å². The lowest BCUT2D eigenvalue weighted by Crippen LogP contribution is -2.11. The van der Waals surface area contributed by atoms with Gasteiger partial charge in [0.05, 0.1) is 0 Å². The van der Waals surface area contributed by atoms with E-state index in [1.165, 1.54) is 24.1 Å². The van der Waals surface area contributed by atoms with Gasteiger partial charge in [-0.25, -0.2) is 0 Å². The Morgan fingerprint density at radius 1 is 0.594 bits per heavy atom. The molecule has 0 saturated heterocycles. The molecule has 32 heavy (non-hydrogen) atoms. The van der Waals surface area contributed by atoms with Gasteiger partial charge in [0.1, 0.15) is 0 Å². The smallest absolute Gasteiger partial charge is 0.0437 e. The first-order chi connectivity index (χ1) is 15.2. The summed E-state index contributed by atoms with van der Waals surface area (Å²) < 4.78 is 0. The van der Waals surface area contributed by atoms with E-state index in [0.29, 0.717) is 23.7 Å². The predicted octanol–water partition coefficient (Wildman–Crippen LogP) is 9.79. The first-order valence-corrected chi connectivity index (χ1v) is 13.0. The van der Waals surface area contributed by atoms with Crippen LogP contribution in [0.15, 0.2) is 48.9 Å². The van der Waals surface area contributed by atoms with Crippen molar-refractivity contribution in [2.24, 2.45) is 23.7 Å². The van der Waals surface area contributed by atoms with Crippen molar-refractivity contribution in [3.05, 3.63) is 60.2 Å². The van der Waals surface area contributed by atoms with Gasteiger partial charge in [-0.1, -0.05) is 89.2 Å². The van der Waals surface area contributed by atoms with Crippen LogP contribution in [-0.4, -0.2) is 9.97 Å². The fourth-order valence-corrected chi connectivity index (χ4v) is 3.75. The van der Waals surface area contributed by atoms with Gasteiger partial charge in [0, 0.05) is 30.2 Å². The van der Waals surface area contributed by atoms with Crippen molar-refractivity contribution in [2.45, 2.75) is 108 Å². The number of aromatic nitrogens is 2. The van der Waals surface area contributed by atoms with Gasteiger partial charge in [0.25, 0.3) is 0 Å². The van der Waals surface area contributed by atoms with Crippen molar-refractivity contribution in [1.82, 2.24) is 9.97 Å². The van der Waals surface area contributed by atoms with E-state index in [4.69, 9.17) is 0 Å². The highest BCUT2D eigenvalue weighted by atomic mass is 14.7. The standard InChI is InChI=1S/2C13H21N.2C2H6/c1-10(2)9-13(11(3)4)12-5-7-14-8-6-12;1-10(2)9-12(11(3)4)13-7-5-6-8-14-13;2*1-2/h5-8,10-11,13H,9H2,1-4H3;5-8,10-12H,9H2,1-4H3;2*1-2H3. The zero-order valence-electron chi connectivity index (χ0n) is 23.4. The molecular formula is C30H54N2. The minimum atomic E-state index is 0.608. The molecule has 2 aromatic rings. The van der Waals surface area contributed by atoms with Crippen LogP contribution >= 0.6 is 0 Å². The minimum Gasteiger partial charge on any atom is -0.265 e. The summed E-state index contributed by atoms with van der Waals surface area (Å²) in [6.07, 6.45) is 8.18. The van der Waals surface area contributed by atoms with E-state index in [2.05, 4.69) is 89.6 Å². The summed E-state index contributed by atoms with van der Waals surface area (Å²) in [5.41, 5.74) is 2.68. The molecule has 0 aliphatic carbocycles. The van der Waals surface area contributed by atoms with Crippen LogP contribution in [0.1, 0.15) is 119 Å². The number of hydrogen-bond donors (Lipinski definition) is 0. The highest BCUT2D eigenvalue weighted by molar-refractivity contribution is 5.16. The van der Waals surface area contributed by atoms with E-state index in [9.17, 15) is 0 Å². The molecule has 0 N–H and O–H groups in total. The van der Waals surface area contributed by atoms with Crippen LogP contribution in [0.3, 0.4) is 0 Å². The van der Waals surface area contributed by atoms with Crippen LogP contribution in [0, 0.1) is 23.7 Å². The molecule has 0 aromatic carbocycles. The lowest BCUT2D eigenvalue weighted by molar-refractivity contribution is 0.401. The van der Waals surface area contributed by atoms with Crippen LogP contribution in [0.2, 0.25) is 0 Å². The van der Waals surface area contributed by atoms with E-state index in [1.54, 1.807) is 0 Å². The molecule has 0 amide bonds. The molecule has 2 rings (SSSR count). The van der Waals surface area contributed by atoms with Crippen molar-refractivity contribution in [1.29, 1.82) is 0 Å². The summed E-state index contributed by atoms with van der Waals surface area (Å²) in [5, 5.41) is 0. The Kier molecular flexibility index (Phi) is 20.2. The third-order valence-corrected chi connectivity index (χ3v) is 5.26. The Labute approximate surface area is 201 Å². The van der Waals surface area contributed by atoms with Crippen molar-refractivity contribution < 1.29 is 0 Å². The lowest BCUT2D eigenvalue weighted by Gasteiger charge is -2.23. The number of pyridine rings is 2. The number of rotatable bonds is 8. The molecule has 0 fully saturated rings. The van der Waals surface area contributed by atoms with Crippen LogP contribution in [0.5, 0.6) is 0 Å². The first-order valence-electron chi connectivity index (χ1n) is 13.0. The summed E-state index contributed by atoms with van der Waals surface area (Å²) in [7, 11) is 0. The van der Waals surface area contributed by atoms with Gasteiger partial charge >= 0.3 is 0 Å². The van der Waals surface area contributed by atoms with E-state index < -0.39 is 0 Å². The van der Waals surface area contributed by atoms with Crippen LogP contribution < -0.4 is 0 Å². The summed E-state index contributed by atoms with van der Waals surface area (Å²) in [6.45, 7) is 26.3. The summed E-state index contributed by atoms with van der Waals surface area (Å²) >= 11 is 0. The van der Waals surface area contributed by atoms with Gasteiger partial charge in [-0.3, -0.25) is 9.97 Å². The maximum Gasteiger partial charge on any atom is 0.0437 e. The second-order valence-corrected chi connectivity index (χ2v) is 9.50. The average Bonchev–Trinajstić information content (AvgIpc) is 2.79. The number of nitrogens with zero attached hydrogens (tertiary/aromatic N) is 2. The highest BCUT2D eigenvalue weighted by Gasteiger charge is 2.18. The molecule has 2 heterocycles. The minimum absolute atomic E-state index is 0.608. The number of hydrogen-bond acceptors (Lipinski definition) is 2. The second-order valence-electron chi connectivity index (χ2n) is 9.50.